The third kappa shape index (κ3) is 5.32. The fourth-order valence-electron chi connectivity index (χ4n) is 3.86. The normalized spacial score (nSPS) is 11.9. The number of hydrogen-bond donors (Lipinski definition) is 2. The van der Waals surface area contributed by atoms with E-state index < -0.39 is 0 Å². The summed E-state index contributed by atoms with van der Waals surface area (Å²) in [6.07, 6.45) is 0. The van der Waals surface area contributed by atoms with E-state index in [1.807, 2.05) is 70.2 Å². The molecule has 0 fully saturated rings. The fourth-order valence-corrected chi connectivity index (χ4v) is 6.12. The van der Waals surface area contributed by atoms with Gasteiger partial charge in [0.05, 0.1) is 15.5 Å². The van der Waals surface area contributed by atoms with Gasteiger partial charge in [-0.1, -0.05) is 47.7 Å². The van der Waals surface area contributed by atoms with E-state index >= 15 is 0 Å². The zero-order valence-corrected chi connectivity index (χ0v) is 21.5. The number of nitrogens with one attached hydrogen (secondary N) is 2. The lowest BCUT2D eigenvalue weighted by Crippen LogP contribution is -2.23. The summed E-state index contributed by atoms with van der Waals surface area (Å²) in [5, 5.41) is 5.75. The number of anilines is 2. The van der Waals surface area contributed by atoms with Crippen LogP contribution in [0.15, 0.2) is 58.9 Å². The number of amides is 2. The highest BCUT2D eigenvalue weighted by molar-refractivity contribution is 8.02. The molecule has 0 bridgehead atoms. The standard InChI is InChI=1S/C27H27N3O2S2/c1-15-12-17(3)24(18(4)13-15)30-25(31)19(5)33-27-29-22-11-10-20(14-23(22)34-27)28-26(32)21-9-7-6-8-16(21)2/h6-14,19H,1-5H3,(H,28,32)(H,30,31)/t19-/m0/s1. The first-order chi connectivity index (χ1) is 16.2. The predicted octanol–water partition coefficient (Wildman–Crippen LogP) is 6.90. The number of aromatic nitrogens is 1. The highest BCUT2D eigenvalue weighted by Crippen LogP contribution is 2.34. The molecule has 1 atom stereocenters. The Morgan fingerprint density at radius 2 is 1.62 bits per heavy atom. The Labute approximate surface area is 208 Å². The van der Waals surface area contributed by atoms with Crippen molar-refractivity contribution in [1.82, 2.24) is 4.98 Å². The third-order valence-electron chi connectivity index (χ3n) is 5.59. The minimum Gasteiger partial charge on any atom is -0.325 e. The number of benzene rings is 3. The second-order valence-corrected chi connectivity index (χ2v) is 11.1. The van der Waals surface area contributed by atoms with Crippen molar-refractivity contribution in [2.45, 2.75) is 44.2 Å². The largest absolute Gasteiger partial charge is 0.325 e. The van der Waals surface area contributed by atoms with Gasteiger partial charge in [0.15, 0.2) is 4.34 Å². The molecule has 174 valence electrons. The van der Waals surface area contributed by atoms with E-state index in [0.29, 0.717) is 5.56 Å². The summed E-state index contributed by atoms with van der Waals surface area (Å²) in [7, 11) is 0. The zero-order chi connectivity index (χ0) is 24.4. The molecule has 0 saturated heterocycles. The van der Waals surface area contributed by atoms with Crippen molar-refractivity contribution in [3.05, 3.63) is 82.4 Å². The number of fused-ring (bicyclic) bond motifs is 1. The van der Waals surface area contributed by atoms with Gasteiger partial charge in [-0.3, -0.25) is 9.59 Å². The van der Waals surface area contributed by atoms with E-state index in [9.17, 15) is 9.59 Å². The second-order valence-electron chi connectivity index (χ2n) is 8.45. The summed E-state index contributed by atoms with van der Waals surface area (Å²) in [6, 6.07) is 17.3. The van der Waals surface area contributed by atoms with Crippen LogP contribution in [0.25, 0.3) is 10.2 Å². The minimum atomic E-state index is -0.305. The van der Waals surface area contributed by atoms with Crippen LogP contribution in [0.4, 0.5) is 11.4 Å². The van der Waals surface area contributed by atoms with E-state index in [0.717, 1.165) is 42.6 Å². The summed E-state index contributed by atoms with van der Waals surface area (Å²) in [5.74, 6) is -0.186. The molecule has 4 aromatic rings. The Morgan fingerprint density at radius 1 is 0.912 bits per heavy atom. The molecule has 3 aromatic carbocycles. The Morgan fingerprint density at radius 3 is 2.32 bits per heavy atom. The molecular weight excluding hydrogens is 462 g/mol. The van der Waals surface area contributed by atoms with Crippen LogP contribution in [-0.4, -0.2) is 22.0 Å². The van der Waals surface area contributed by atoms with E-state index in [2.05, 4.69) is 34.7 Å². The molecule has 2 amide bonds. The Bertz CT molecular complexity index is 1370. The SMILES string of the molecule is Cc1cc(C)c(NC(=O)[C@H](C)Sc2nc3ccc(NC(=O)c4ccccc4C)cc3s2)c(C)c1. The topological polar surface area (TPSA) is 71.1 Å². The van der Waals surface area contributed by atoms with Gasteiger partial charge in [-0.15, -0.1) is 11.3 Å². The lowest BCUT2D eigenvalue weighted by atomic mass is 10.1. The van der Waals surface area contributed by atoms with Gasteiger partial charge in [0, 0.05) is 16.9 Å². The van der Waals surface area contributed by atoms with Crippen molar-refractivity contribution in [3.63, 3.8) is 0 Å². The first kappa shape index (κ1) is 24.0. The van der Waals surface area contributed by atoms with Crippen LogP contribution < -0.4 is 10.6 Å². The lowest BCUT2D eigenvalue weighted by Gasteiger charge is -2.15. The maximum Gasteiger partial charge on any atom is 0.255 e. The van der Waals surface area contributed by atoms with Gasteiger partial charge in [-0.05, 0) is 75.6 Å². The van der Waals surface area contributed by atoms with Crippen molar-refractivity contribution in [1.29, 1.82) is 0 Å². The highest BCUT2D eigenvalue weighted by atomic mass is 32.2. The molecule has 4 rings (SSSR count). The maximum atomic E-state index is 12.9. The molecule has 0 saturated carbocycles. The number of hydrogen-bond acceptors (Lipinski definition) is 5. The Balaban J connectivity index is 1.45. The molecule has 0 aliphatic carbocycles. The molecule has 0 spiro atoms. The number of carbonyl (C=O) groups is 2. The quantitative estimate of drug-likeness (QED) is 0.289. The van der Waals surface area contributed by atoms with Crippen LogP contribution in [-0.2, 0) is 4.79 Å². The van der Waals surface area contributed by atoms with Crippen LogP contribution in [0.2, 0.25) is 0 Å². The number of thioether (sulfide) groups is 1. The van der Waals surface area contributed by atoms with Crippen LogP contribution >= 0.6 is 23.1 Å². The van der Waals surface area contributed by atoms with Gasteiger partial charge in [-0.25, -0.2) is 4.98 Å². The summed E-state index contributed by atoms with van der Waals surface area (Å²) >= 11 is 2.96. The van der Waals surface area contributed by atoms with Crippen LogP contribution in [0, 0.1) is 27.7 Å². The van der Waals surface area contributed by atoms with E-state index in [4.69, 9.17) is 0 Å². The average Bonchev–Trinajstić information content (AvgIpc) is 3.17. The molecule has 34 heavy (non-hydrogen) atoms. The molecule has 7 heteroatoms. The van der Waals surface area contributed by atoms with E-state index in [1.54, 1.807) is 0 Å². The summed E-state index contributed by atoms with van der Waals surface area (Å²) < 4.78 is 1.78. The van der Waals surface area contributed by atoms with E-state index in [1.165, 1.54) is 28.7 Å². The minimum absolute atomic E-state index is 0.0505. The molecule has 2 N–H and O–H groups in total. The maximum absolute atomic E-state index is 12.9. The van der Waals surface area contributed by atoms with Gasteiger partial charge >= 0.3 is 0 Å². The van der Waals surface area contributed by atoms with Crippen molar-refractivity contribution >= 4 is 56.5 Å². The number of rotatable bonds is 6. The molecule has 0 aliphatic rings. The predicted molar refractivity (Wildman–Crippen MR) is 143 cm³/mol. The number of aryl methyl sites for hydroxylation is 4. The molecule has 1 aromatic heterocycles. The average molecular weight is 490 g/mol. The second kappa shape index (κ2) is 9.99. The van der Waals surface area contributed by atoms with Gasteiger partial charge in [0.1, 0.15) is 0 Å². The Hall–Kier alpha value is -3.16. The van der Waals surface area contributed by atoms with Crippen LogP contribution in [0.5, 0.6) is 0 Å². The van der Waals surface area contributed by atoms with Crippen molar-refractivity contribution in [2.75, 3.05) is 10.6 Å². The number of nitrogens with zero attached hydrogens (tertiary/aromatic N) is 1. The Kier molecular flexibility index (Phi) is 7.05. The van der Waals surface area contributed by atoms with Gasteiger partial charge < -0.3 is 10.6 Å². The summed E-state index contributed by atoms with van der Waals surface area (Å²) in [6.45, 7) is 9.88. The smallest absolute Gasteiger partial charge is 0.255 e. The number of carbonyl (C=O) groups excluding carboxylic acids is 2. The van der Waals surface area contributed by atoms with Crippen LogP contribution in [0.1, 0.15) is 39.5 Å². The molecule has 1 heterocycles. The molecular formula is C27H27N3O2S2. The molecule has 5 nitrogen and oxygen atoms in total. The first-order valence-electron chi connectivity index (χ1n) is 11.0. The molecule has 0 radical (unpaired) electrons. The van der Waals surface area contributed by atoms with Gasteiger partial charge in [0.25, 0.3) is 5.91 Å². The summed E-state index contributed by atoms with van der Waals surface area (Å²) in [5.41, 5.74) is 7.33. The number of thiazole rings is 1. The van der Waals surface area contributed by atoms with Gasteiger partial charge in [0.2, 0.25) is 5.91 Å². The fraction of sp³-hybridized carbons (Fsp3) is 0.222. The van der Waals surface area contributed by atoms with E-state index in [-0.39, 0.29) is 17.1 Å². The van der Waals surface area contributed by atoms with Crippen LogP contribution in [0.3, 0.4) is 0 Å². The van der Waals surface area contributed by atoms with Crippen molar-refractivity contribution in [2.24, 2.45) is 0 Å². The highest BCUT2D eigenvalue weighted by Gasteiger charge is 2.19. The van der Waals surface area contributed by atoms with Gasteiger partial charge in [-0.2, -0.15) is 0 Å². The first-order valence-corrected chi connectivity index (χ1v) is 12.7. The van der Waals surface area contributed by atoms with Crippen molar-refractivity contribution in [3.8, 4) is 0 Å². The van der Waals surface area contributed by atoms with Crippen molar-refractivity contribution < 1.29 is 9.59 Å². The lowest BCUT2D eigenvalue weighted by molar-refractivity contribution is -0.115. The summed E-state index contributed by atoms with van der Waals surface area (Å²) in [4.78, 5) is 30.2. The molecule has 0 unspecified atom stereocenters. The third-order valence-corrected chi connectivity index (χ3v) is 7.80. The zero-order valence-electron chi connectivity index (χ0n) is 19.9. The monoisotopic (exact) mass is 489 g/mol. The molecule has 0 aliphatic heterocycles.